The van der Waals surface area contributed by atoms with Gasteiger partial charge in [0, 0.05) is 12.3 Å². The molecule has 4 saturated carbocycles. The Hall–Kier alpha value is -1.85. The summed E-state index contributed by atoms with van der Waals surface area (Å²) < 4.78 is 5.06. The monoisotopic (exact) mass is 302 g/mol. The molecule has 118 valence electrons. The Kier molecular flexibility index (Phi) is 3.20. The number of nitrogens with one attached hydrogen (secondary N) is 2. The molecular formula is C16H22N4O2. The highest BCUT2D eigenvalue weighted by molar-refractivity contribution is 5.84. The molecule has 0 unspecified atom stereocenters. The number of hydrazine groups is 1. The van der Waals surface area contributed by atoms with Crippen molar-refractivity contribution in [2.75, 3.05) is 12.5 Å². The predicted octanol–water partition coefficient (Wildman–Crippen LogP) is 2.14. The van der Waals surface area contributed by atoms with Crippen LogP contribution in [0.5, 0.6) is 5.88 Å². The molecule has 1 heterocycles. The molecule has 0 aromatic carbocycles. The summed E-state index contributed by atoms with van der Waals surface area (Å²) in [4.78, 5) is 21.0. The van der Waals surface area contributed by atoms with Crippen LogP contribution in [0.25, 0.3) is 0 Å². The molecule has 0 atom stereocenters. The Labute approximate surface area is 130 Å². The first kappa shape index (κ1) is 13.8. The number of methoxy groups -OCH3 is 1. The number of nitrogens with zero attached hydrogens (tertiary/aromatic N) is 2. The van der Waals surface area contributed by atoms with Crippen LogP contribution in [0.4, 0.5) is 5.95 Å². The third kappa shape index (κ3) is 2.30. The van der Waals surface area contributed by atoms with Crippen LogP contribution in [-0.4, -0.2) is 23.0 Å². The molecule has 2 N–H and O–H groups in total. The van der Waals surface area contributed by atoms with E-state index in [2.05, 4.69) is 20.8 Å². The molecule has 5 rings (SSSR count). The average molecular weight is 302 g/mol. The van der Waals surface area contributed by atoms with Crippen LogP contribution in [0.15, 0.2) is 12.3 Å². The van der Waals surface area contributed by atoms with E-state index in [1.54, 1.807) is 19.4 Å². The van der Waals surface area contributed by atoms with Gasteiger partial charge in [-0.15, -0.1) is 0 Å². The number of ether oxygens (including phenoxy) is 1. The van der Waals surface area contributed by atoms with Gasteiger partial charge in [-0.2, -0.15) is 4.98 Å². The number of hydrogen-bond donors (Lipinski definition) is 2. The van der Waals surface area contributed by atoms with E-state index in [9.17, 15) is 4.79 Å². The molecule has 0 saturated heterocycles. The van der Waals surface area contributed by atoms with E-state index < -0.39 is 0 Å². The van der Waals surface area contributed by atoms with Crippen LogP contribution in [0.3, 0.4) is 0 Å². The summed E-state index contributed by atoms with van der Waals surface area (Å²) in [6.07, 6.45) is 8.74. The Morgan fingerprint density at radius 3 is 2.45 bits per heavy atom. The van der Waals surface area contributed by atoms with Crippen molar-refractivity contribution in [2.24, 2.45) is 23.2 Å². The van der Waals surface area contributed by atoms with E-state index in [0.29, 0.717) is 11.8 Å². The molecule has 4 fully saturated rings. The van der Waals surface area contributed by atoms with Crippen molar-refractivity contribution < 1.29 is 9.53 Å². The molecule has 0 aliphatic heterocycles. The lowest BCUT2D eigenvalue weighted by atomic mass is 9.49. The molecule has 4 aliphatic rings. The van der Waals surface area contributed by atoms with E-state index in [1.807, 2.05) is 0 Å². The third-order valence-corrected chi connectivity index (χ3v) is 5.65. The first-order valence-electron chi connectivity index (χ1n) is 8.10. The largest absolute Gasteiger partial charge is 0.481 e. The van der Waals surface area contributed by atoms with Crippen molar-refractivity contribution in [3.63, 3.8) is 0 Å². The van der Waals surface area contributed by atoms with Gasteiger partial charge in [-0.05, 0) is 56.3 Å². The van der Waals surface area contributed by atoms with Crippen LogP contribution in [0.2, 0.25) is 0 Å². The number of carbonyl (C=O) groups is 1. The van der Waals surface area contributed by atoms with Gasteiger partial charge in [0.05, 0.1) is 12.5 Å². The molecule has 1 aromatic heterocycles. The highest BCUT2D eigenvalue weighted by atomic mass is 16.5. The summed E-state index contributed by atoms with van der Waals surface area (Å²) >= 11 is 0. The zero-order chi connectivity index (χ0) is 15.2. The van der Waals surface area contributed by atoms with Gasteiger partial charge in [0.2, 0.25) is 17.7 Å². The van der Waals surface area contributed by atoms with Gasteiger partial charge in [-0.25, -0.2) is 4.98 Å². The van der Waals surface area contributed by atoms with Crippen molar-refractivity contribution in [1.29, 1.82) is 0 Å². The third-order valence-electron chi connectivity index (χ3n) is 5.65. The van der Waals surface area contributed by atoms with Gasteiger partial charge in [-0.1, -0.05) is 0 Å². The SMILES string of the molecule is COc1ccnc(NNC(=O)C23CC4CC(CC(C4)C2)C3)n1. The molecule has 4 bridgehead atoms. The minimum absolute atomic E-state index is 0.109. The standard InChI is InChI=1S/C16H22N4O2/c1-22-13-2-3-17-15(18-13)20-19-14(21)16-7-10-4-11(8-16)6-12(5-10)9-16/h2-3,10-12H,4-9H2,1H3,(H,19,21)(H,17,18,20). The Morgan fingerprint density at radius 2 is 1.86 bits per heavy atom. The molecule has 6 heteroatoms. The van der Waals surface area contributed by atoms with Gasteiger partial charge >= 0.3 is 0 Å². The smallest absolute Gasteiger partial charge is 0.245 e. The lowest BCUT2D eigenvalue weighted by Crippen LogP contribution is -2.54. The summed E-state index contributed by atoms with van der Waals surface area (Å²) in [5, 5.41) is 0. The summed E-state index contributed by atoms with van der Waals surface area (Å²) in [5.41, 5.74) is 5.51. The van der Waals surface area contributed by atoms with Gasteiger partial charge in [0.1, 0.15) is 0 Å². The molecule has 1 aromatic rings. The lowest BCUT2D eigenvalue weighted by Gasteiger charge is -2.55. The second-order valence-electron chi connectivity index (χ2n) is 7.20. The van der Waals surface area contributed by atoms with Crippen LogP contribution >= 0.6 is 0 Å². The van der Waals surface area contributed by atoms with E-state index in [1.165, 1.54) is 19.3 Å². The highest BCUT2D eigenvalue weighted by Crippen LogP contribution is 2.60. The second-order valence-corrected chi connectivity index (χ2v) is 7.20. The predicted molar refractivity (Wildman–Crippen MR) is 81.0 cm³/mol. The van der Waals surface area contributed by atoms with E-state index >= 15 is 0 Å². The highest BCUT2D eigenvalue weighted by Gasteiger charge is 2.54. The minimum atomic E-state index is -0.166. The van der Waals surface area contributed by atoms with Crippen molar-refractivity contribution in [3.05, 3.63) is 12.3 Å². The van der Waals surface area contributed by atoms with Crippen LogP contribution in [-0.2, 0) is 4.79 Å². The molecular weight excluding hydrogens is 280 g/mol. The fourth-order valence-electron chi connectivity index (χ4n) is 5.15. The average Bonchev–Trinajstić information content (AvgIpc) is 2.51. The van der Waals surface area contributed by atoms with Crippen LogP contribution in [0.1, 0.15) is 38.5 Å². The normalized spacial score (nSPS) is 35.2. The van der Waals surface area contributed by atoms with Crippen LogP contribution in [0, 0.1) is 23.2 Å². The van der Waals surface area contributed by atoms with E-state index in [0.717, 1.165) is 37.0 Å². The maximum atomic E-state index is 12.8. The summed E-state index contributed by atoms with van der Waals surface area (Å²) in [5.74, 6) is 3.21. The quantitative estimate of drug-likeness (QED) is 0.833. The second kappa shape index (κ2) is 5.11. The molecule has 22 heavy (non-hydrogen) atoms. The summed E-state index contributed by atoms with van der Waals surface area (Å²) in [7, 11) is 1.56. The summed E-state index contributed by atoms with van der Waals surface area (Å²) in [6.45, 7) is 0. The molecule has 6 nitrogen and oxygen atoms in total. The fraction of sp³-hybridized carbons (Fsp3) is 0.688. The number of hydrogen-bond acceptors (Lipinski definition) is 5. The number of aromatic nitrogens is 2. The maximum absolute atomic E-state index is 12.8. The summed E-state index contributed by atoms with van der Waals surface area (Å²) in [6, 6.07) is 1.67. The zero-order valence-electron chi connectivity index (χ0n) is 12.8. The topological polar surface area (TPSA) is 76.1 Å². The Morgan fingerprint density at radius 1 is 1.23 bits per heavy atom. The minimum Gasteiger partial charge on any atom is -0.481 e. The van der Waals surface area contributed by atoms with Crippen molar-refractivity contribution >= 4 is 11.9 Å². The maximum Gasteiger partial charge on any atom is 0.245 e. The Balaban J connectivity index is 1.44. The van der Waals surface area contributed by atoms with E-state index in [-0.39, 0.29) is 11.3 Å². The van der Waals surface area contributed by atoms with Crippen molar-refractivity contribution in [1.82, 2.24) is 15.4 Å². The lowest BCUT2D eigenvalue weighted by molar-refractivity contribution is -0.145. The first-order chi connectivity index (χ1) is 10.7. The fourth-order valence-corrected chi connectivity index (χ4v) is 5.15. The van der Waals surface area contributed by atoms with Crippen LogP contribution < -0.4 is 15.6 Å². The number of anilines is 1. The van der Waals surface area contributed by atoms with Gasteiger partial charge in [0.25, 0.3) is 0 Å². The molecule has 4 aliphatic carbocycles. The zero-order valence-corrected chi connectivity index (χ0v) is 12.8. The molecule has 0 spiro atoms. The molecule has 1 amide bonds. The first-order valence-corrected chi connectivity index (χ1v) is 8.10. The number of amides is 1. The van der Waals surface area contributed by atoms with Gasteiger partial charge < -0.3 is 4.74 Å². The van der Waals surface area contributed by atoms with Gasteiger partial charge in [-0.3, -0.25) is 15.6 Å². The van der Waals surface area contributed by atoms with Crippen molar-refractivity contribution in [3.8, 4) is 5.88 Å². The van der Waals surface area contributed by atoms with Gasteiger partial charge in [0.15, 0.2) is 0 Å². The Bertz CT molecular complexity index is 554. The number of rotatable bonds is 4. The van der Waals surface area contributed by atoms with E-state index in [4.69, 9.17) is 4.74 Å². The van der Waals surface area contributed by atoms with Crippen molar-refractivity contribution in [2.45, 2.75) is 38.5 Å². The molecule has 0 radical (unpaired) electrons. The number of carbonyl (C=O) groups excluding carboxylic acids is 1.